The van der Waals surface area contributed by atoms with Crippen LogP contribution in [0.25, 0.3) is 0 Å². The van der Waals surface area contributed by atoms with Crippen molar-refractivity contribution in [3.63, 3.8) is 0 Å². The summed E-state index contributed by atoms with van der Waals surface area (Å²) >= 11 is 5.58. The maximum Gasteiger partial charge on any atom is 0.225 e. The first-order valence-corrected chi connectivity index (χ1v) is 5.41. The highest BCUT2D eigenvalue weighted by Gasteiger charge is 2.42. The summed E-state index contributed by atoms with van der Waals surface area (Å²) < 4.78 is 0. The number of carbonyl (C=O) groups is 1. The largest absolute Gasteiger partial charge is 0.351 e. The van der Waals surface area contributed by atoms with Gasteiger partial charge in [-0.3, -0.25) is 4.79 Å². The van der Waals surface area contributed by atoms with Gasteiger partial charge in [0.2, 0.25) is 5.91 Å². The molecule has 3 nitrogen and oxygen atoms in total. The molecule has 0 aromatic heterocycles. The van der Waals surface area contributed by atoms with E-state index in [1.54, 1.807) is 0 Å². The van der Waals surface area contributed by atoms with Gasteiger partial charge in [0.1, 0.15) is 0 Å². The fourth-order valence-corrected chi connectivity index (χ4v) is 2.49. The number of halogens is 1. The number of carbonyl (C=O) groups excluding carboxylic acids is 1. The van der Waals surface area contributed by atoms with Gasteiger partial charge in [0, 0.05) is 17.1 Å². The van der Waals surface area contributed by atoms with Gasteiger partial charge < -0.3 is 10.6 Å². The van der Waals surface area contributed by atoms with E-state index in [2.05, 4.69) is 17.2 Å². The van der Waals surface area contributed by atoms with Crippen molar-refractivity contribution in [3.8, 4) is 0 Å². The molecular weight excluding hydrogens is 200 g/mol. The molecule has 1 amide bonds. The molecular formula is C10H15ClN2O. The number of rotatable bonds is 3. The zero-order valence-electron chi connectivity index (χ0n) is 8.05. The fraction of sp³-hybridized carbons (Fsp3) is 0.700. The van der Waals surface area contributed by atoms with E-state index in [-0.39, 0.29) is 11.8 Å². The van der Waals surface area contributed by atoms with Crippen LogP contribution in [0.1, 0.15) is 19.3 Å². The summed E-state index contributed by atoms with van der Waals surface area (Å²) in [4.78, 5) is 11.7. The lowest BCUT2D eigenvalue weighted by Crippen LogP contribution is -2.37. The van der Waals surface area contributed by atoms with Crippen molar-refractivity contribution in [1.82, 2.24) is 10.6 Å². The molecule has 4 heteroatoms. The molecule has 0 aliphatic carbocycles. The van der Waals surface area contributed by atoms with Crippen LogP contribution in [0.5, 0.6) is 0 Å². The molecule has 2 aliphatic heterocycles. The van der Waals surface area contributed by atoms with E-state index in [9.17, 15) is 4.79 Å². The number of amides is 1. The second-order valence-corrected chi connectivity index (χ2v) is 4.66. The van der Waals surface area contributed by atoms with Gasteiger partial charge in [-0.15, -0.1) is 0 Å². The van der Waals surface area contributed by atoms with Crippen molar-refractivity contribution in [3.05, 3.63) is 11.6 Å². The Morgan fingerprint density at radius 2 is 2.36 bits per heavy atom. The Morgan fingerprint density at radius 3 is 2.86 bits per heavy atom. The molecule has 0 saturated carbocycles. The summed E-state index contributed by atoms with van der Waals surface area (Å²) in [6.45, 7) is 3.92. The lowest BCUT2D eigenvalue weighted by molar-refractivity contribution is -0.125. The Balaban J connectivity index is 1.84. The summed E-state index contributed by atoms with van der Waals surface area (Å²) in [6.07, 6.45) is 3.33. The maximum absolute atomic E-state index is 11.7. The fourth-order valence-electron chi connectivity index (χ4n) is 2.43. The van der Waals surface area contributed by atoms with Gasteiger partial charge in [0.15, 0.2) is 0 Å². The monoisotopic (exact) mass is 214 g/mol. The van der Waals surface area contributed by atoms with Crippen molar-refractivity contribution in [1.29, 1.82) is 0 Å². The summed E-state index contributed by atoms with van der Waals surface area (Å²) in [6, 6.07) is 0.957. The van der Waals surface area contributed by atoms with E-state index in [4.69, 9.17) is 11.6 Å². The number of hydrogen-bond acceptors (Lipinski definition) is 2. The van der Waals surface area contributed by atoms with Gasteiger partial charge in [0.25, 0.3) is 0 Å². The first-order valence-electron chi connectivity index (χ1n) is 5.04. The van der Waals surface area contributed by atoms with Gasteiger partial charge in [0.05, 0.1) is 12.5 Å². The van der Waals surface area contributed by atoms with Crippen LogP contribution in [0, 0.1) is 5.92 Å². The minimum absolute atomic E-state index is 0.117. The normalized spacial score (nSPS) is 34.5. The summed E-state index contributed by atoms with van der Waals surface area (Å²) in [5.74, 6) is 0.260. The van der Waals surface area contributed by atoms with Crippen LogP contribution in [0.2, 0.25) is 0 Å². The minimum atomic E-state index is 0.117. The predicted molar refractivity (Wildman–Crippen MR) is 56.1 cm³/mol. The predicted octanol–water partition coefficient (Wildman–Crippen LogP) is 0.996. The average Bonchev–Trinajstić information content (AvgIpc) is 2.74. The molecule has 2 aliphatic rings. The Kier molecular flexibility index (Phi) is 2.79. The molecule has 0 radical (unpaired) electrons. The minimum Gasteiger partial charge on any atom is -0.351 e. The summed E-state index contributed by atoms with van der Waals surface area (Å²) in [5.41, 5.74) is 0. The number of nitrogens with one attached hydrogen (secondary N) is 2. The molecule has 3 unspecified atom stereocenters. The smallest absolute Gasteiger partial charge is 0.225 e. The van der Waals surface area contributed by atoms with Crippen molar-refractivity contribution in [2.45, 2.75) is 31.3 Å². The molecule has 0 aromatic rings. The average molecular weight is 215 g/mol. The lowest BCUT2D eigenvalue weighted by atomic mass is 9.88. The van der Waals surface area contributed by atoms with E-state index in [1.165, 1.54) is 6.42 Å². The lowest BCUT2D eigenvalue weighted by Gasteiger charge is -2.19. The van der Waals surface area contributed by atoms with E-state index in [0.29, 0.717) is 23.7 Å². The zero-order chi connectivity index (χ0) is 10.1. The van der Waals surface area contributed by atoms with Crippen LogP contribution in [0.4, 0.5) is 0 Å². The molecule has 0 spiro atoms. The Morgan fingerprint density at radius 1 is 1.57 bits per heavy atom. The Hall–Kier alpha value is -0.540. The van der Waals surface area contributed by atoms with Gasteiger partial charge in [-0.2, -0.15) is 0 Å². The van der Waals surface area contributed by atoms with Crippen LogP contribution >= 0.6 is 11.6 Å². The van der Waals surface area contributed by atoms with E-state index < -0.39 is 0 Å². The van der Waals surface area contributed by atoms with Crippen LogP contribution in [-0.4, -0.2) is 24.5 Å². The molecule has 2 saturated heterocycles. The van der Waals surface area contributed by atoms with E-state index in [1.807, 2.05) is 0 Å². The van der Waals surface area contributed by atoms with Crippen molar-refractivity contribution >= 4 is 17.5 Å². The van der Waals surface area contributed by atoms with Crippen LogP contribution < -0.4 is 10.6 Å². The standard InChI is InChI=1S/C10H15ClN2O/c1-6(11)5-12-10(14)8-4-7-2-3-9(8)13-7/h7-9,13H,1-5H2,(H,12,14). The SMILES string of the molecule is C=C(Cl)CNC(=O)C1CC2CCC1N2. The molecule has 2 bridgehead atoms. The van der Waals surface area contributed by atoms with Gasteiger partial charge >= 0.3 is 0 Å². The topological polar surface area (TPSA) is 41.1 Å². The van der Waals surface area contributed by atoms with Crippen LogP contribution in [-0.2, 0) is 4.79 Å². The van der Waals surface area contributed by atoms with Gasteiger partial charge in [-0.1, -0.05) is 18.2 Å². The zero-order valence-corrected chi connectivity index (χ0v) is 8.81. The van der Waals surface area contributed by atoms with Crippen molar-refractivity contribution in [2.75, 3.05) is 6.54 Å². The second kappa shape index (κ2) is 3.91. The third kappa shape index (κ3) is 1.93. The number of fused-ring (bicyclic) bond motifs is 2. The van der Waals surface area contributed by atoms with Crippen molar-refractivity contribution < 1.29 is 4.79 Å². The van der Waals surface area contributed by atoms with Crippen LogP contribution in [0.3, 0.4) is 0 Å². The second-order valence-electron chi connectivity index (χ2n) is 4.12. The van der Waals surface area contributed by atoms with Gasteiger partial charge in [-0.25, -0.2) is 0 Å². The summed E-state index contributed by atoms with van der Waals surface area (Å²) in [5, 5.41) is 6.71. The molecule has 2 rings (SSSR count). The molecule has 0 aromatic carbocycles. The molecule has 2 heterocycles. The molecule has 78 valence electrons. The Labute approximate surface area is 88.9 Å². The highest BCUT2D eigenvalue weighted by Crippen LogP contribution is 2.33. The molecule has 14 heavy (non-hydrogen) atoms. The summed E-state index contributed by atoms with van der Waals surface area (Å²) in [7, 11) is 0. The molecule has 3 atom stereocenters. The van der Waals surface area contributed by atoms with Crippen molar-refractivity contribution in [2.24, 2.45) is 5.92 Å². The Bertz CT molecular complexity index is 267. The van der Waals surface area contributed by atoms with Gasteiger partial charge in [-0.05, 0) is 19.3 Å². The quantitative estimate of drug-likeness (QED) is 0.736. The highest BCUT2D eigenvalue weighted by molar-refractivity contribution is 6.29. The first kappa shape index (κ1) is 9.99. The van der Waals surface area contributed by atoms with Crippen LogP contribution in [0.15, 0.2) is 11.6 Å². The first-order chi connectivity index (χ1) is 6.66. The highest BCUT2D eigenvalue weighted by atomic mass is 35.5. The third-order valence-electron chi connectivity index (χ3n) is 3.09. The van der Waals surface area contributed by atoms with E-state index >= 15 is 0 Å². The number of hydrogen-bond donors (Lipinski definition) is 2. The molecule has 2 fully saturated rings. The maximum atomic E-state index is 11.7. The van der Waals surface area contributed by atoms with E-state index in [0.717, 1.165) is 12.8 Å². The third-order valence-corrected chi connectivity index (χ3v) is 3.22. The molecule has 2 N–H and O–H groups in total.